The lowest BCUT2D eigenvalue weighted by Gasteiger charge is -2.30. The maximum atomic E-state index is 13.9. The minimum atomic E-state index is -3.97. The van der Waals surface area contributed by atoms with Gasteiger partial charge < -0.3 is 19.9 Å². The SMILES string of the molecule is O=C(NCc1cc(Cl)ccc1-n1cnnn1)C1CCCN1C(=O)C(CCC(=O)N1CCOCC1)NS(=O)(=O)Cc1ccccc1. The number of halogens is 1. The average Bonchev–Trinajstić information content (AvgIpc) is 3.75. The van der Waals surface area contributed by atoms with Gasteiger partial charge in [-0.25, -0.2) is 17.8 Å². The molecule has 2 saturated heterocycles. The number of nitrogens with zero attached hydrogens (tertiary/aromatic N) is 6. The van der Waals surface area contributed by atoms with Crippen LogP contribution in [0.25, 0.3) is 5.69 Å². The Morgan fingerprint density at radius 2 is 1.84 bits per heavy atom. The van der Waals surface area contributed by atoms with Gasteiger partial charge >= 0.3 is 0 Å². The van der Waals surface area contributed by atoms with E-state index in [1.165, 1.54) is 15.9 Å². The van der Waals surface area contributed by atoms with E-state index >= 15 is 0 Å². The van der Waals surface area contributed by atoms with Gasteiger partial charge in [-0.1, -0.05) is 41.9 Å². The Morgan fingerprint density at radius 1 is 1.07 bits per heavy atom. The number of morpholine rings is 1. The van der Waals surface area contributed by atoms with Crippen LogP contribution in [0.15, 0.2) is 54.9 Å². The van der Waals surface area contributed by atoms with E-state index in [1.54, 1.807) is 53.4 Å². The summed E-state index contributed by atoms with van der Waals surface area (Å²) in [7, 11) is -3.97. The van der Waals surface area contributed by atoms with Crippen LogP contribution in [0.1, 0.15) is 36.8 Å². The fourth-order valence-corrected chi connectivity index (χ4v) is 7.08. The zero-order valence-corrected chi connectivity index (χ0v) is 26.1. The number of carbonyl (C=O) groups is 3. The normalized spacial score (nSPS) is 17.7. The Morgan fingerprint density at radius 3 is 2.58 bits per heavy atom. The monoisotopic (exact) mass is 658 g/mol. The van der Waals surface area contributed by atoms with Crippen molar-refractivity contribution in [2.45, 2.75) is 50.1 Å². The molecule has 2 aliphatic rings. The Balaban J connectivity index is 1.29. The predicted molar refractivity (Wildman–Crippen MR) is 163 cm³/mol. The van der Waals surface area contributed by atoms with Crippen LogP contribution in [0.3, 0.4) is 0 Å². The Hall–Kier alpha value is -3.92. The molecule has 1 aromatic heterocycles. The van der Waals surface area contributed by atoms with Gasteiger partial charge in [0.05, 0.1) is 24.7 Å². The first-order chi connectivity index (χ1) is 21.7. The molecule has 0 spiro atoms. The molecule has 2 unspecified atom stereocenters. The van der Waals surface area contributed by atoms with Crippen LogP contribution in [0.2, 0.25) is 5.02 Å². The highest BCUT2D eigenvalue weighted by Crippen LogP contribution is 2.22. The quantitative estimate of drug-likeness (QED) is 0.289. The number of ether oxygens (including phenoxy) is 1. The molecule has 14 nitrogen and oxygen atoms in total. The van der Waals surface area contributed by atoms with E-state index in [-0.39, 0.29) is 37.6 Å². The molecule has 3 heterocycles. The van der Waals surface area contributed by atoms with Crippen molar-refractivity contribution in [2.24, 2.45) is 0 Å². The third kappa shape index (κ3) is 8.63. The molecule has 45 heavy (non-hydrogen) atoms. The molecular weight excluding hydrogens is 624 g/mol. The summed E-state index contributed by atoms with van der Waals surface area (Å²) in [6, 6.07) is 11.7. The minimum Gasteiger partial charge on any atom is -0.378 e. The van der Waals surface area contributed by atoms with Crippen molar-refractivity contribution in [1.29, 1.82) is 0 Å². The van der Waals surface area contributed by atoms with Gasteiger partial charge in [0.15, 0.2) is 0 Å². The highest BCUT2D eigenvalue weighted by atomic mass is 35.5. The first kappa shape index (κ1) is 32.5. The molecule has 2 aliphatic heterocycles. The van der Waals surface area contributed by atoms with Gasteiger partial charge in [-0.15, -0.1) is 5.10 Å². The first-order valence-corrected chi connectivity index (χ1v) is 16.7. The van der Waals surface area contributed by atoms with Crippen LogP contribution in [0.4, 0.5) is 0 Å². The zero-order chi connectivity index (χ0) is 31.8. The minimum absolute atomic E-state index is 0.0380. The highest BCUT2D eigenvalue weighted by molar-refractivity contribution is 7.88. The second-order valence-corrected chi connectivity index (χ2v) is 13.1. The van der Waals surface area contributed by atoms with E-state index in [4.69, 9.17) is 16.3 Å². The molecule has 2 N–H and O–H groups in total. The lowest BCUT2D eigenvalue weighted by molar-refractivity contribution is -0.140. The van der Waals surface area contributed by atoms with Gasteiger partial charge in [0.2, 0.25) is 27.7 Å². The Kier molecular flexibility index (Phi) is 10.8. The standard InChI is InChI=1S/C29H35ClN8O6S/c30-23-8-10-25(38-20-32-34-35-38)22(17-23)18-31-28(40)26-7-4-12-37(26)29(41)24(9-11-27(39)36-13-15-44-16-14-36)33-45(42,43)19-21-5-2-1-3-6-21/h1-3,5-6,8,10,17,20,24,26,33H,4,7,9,11-16,18-19H2,(H,31,40). The third-order valence-electron chi connectivity index (χ3n) is 7.76. The fourth-order valence-electron chi connectivity index (χ4n) is 5.52. The number of nitrogens with one attached hydrogen (secondary N) is 2. The molecule has 0 bridgehead atoms. The van der Waals surface area contributed by atoms with Crippen molar-refractivity contribution in [1.82, 2.24) is 40.0 Å². The predicted octanol–water partition coefficient (Wildman–Crippen LogP) is 1.05. The van der Waals surface area contributed by atoms with Gasteiger partial charge in [0.25, 0.3) is 0 Å². The lowest BCUT2D eigenvalue weighted by atomic mass is 10.1. The molecule has 240 valence electrons. The van der Waals surface area contributed by atoms with Gasteiger partial charge in [0.1, 0.15) is 18.4 Å². The molecule has 0 radical (unpaired) electrons. The number of aromatic nitrogens is 4. The number of hydrogen-bond acceptors (Lipinski definition) is 9. The van der Waals surface area contributed by atoms with E-state index in [9.17, 15) is 22.8 Å². The van der Waals surface area contributed by atoms with Crippen molar-refractivity contribution in [3.8, 4) is 5.69 Å². The summed E-state index contributed by atoms with van der Waals surface area (Å²) < 4.78 is 35.7. The second-order valence-electron chi connectivity index (χ2n) is 10.9. The van der Waals surface area contributed by atoms with Crippen molar-refractivity contribution >= 4 is 39.3 Å². The maximum Gasteiger partial charge on any atom is 0.243 e. The van der Waals surface area contributed by atoms with Gasteiger partial charge in [-0.3, -0.25) is 14.4 Å². The van der Waals surface area contributed by atoms with Gasteiger partial charge in [-0.05, 0) is 59.0 Å². The lowest BCUT2D eigenvalue weighted by Crippen LogP contribution is -2.53. The maximum absolute atomic E-state index is 13.9. The molecular formula is C29H35ClN8O6S. The van der Waals surface area contributed by atoms with Crippen LogP contribution in [0.5, 0.6) is 0 Å². The van der Waals surface area contributed by atoms with E-state index in [0.29, 0.717) is 61.0 Å². The smallest absolute Gasteiger partial charge is 0.243 e. The van der Waals surface area contributed by atoms with Crippen LogP contribution >= 0.6 is 11.6 Å². The summed E-state index contributed by atoms with van der Waals surface area (Å²) in [6.45, 7) is 2.09. The summed E-state index contributed by atoms with van der Waals surface area (Å²) in [5.74, 6) is -1.45. The average molecular weight is 659 g/mol. The number of rotatable bonds is 12. The van der Waals surface area contributed by atoms with E-state index in [2.05, 4.69) is 25.6 Å². The van der Waals surface area contributed by atoms with E-state index in [0.717, 1.165) is 0 Å². The van der Waals surface area contributed by atoms with Crippen LogP contribution < -0.4 is 10.0 Å². The summed E-state index contributed by atoms with van der Waals surface area (Å²) in [4.78, 5) is 43.3. The second kappa shape index (κ2) is 14.9. The highest BCUT2D eigenvalue weighted by Gasteiger charge is 2.38. The zero-order valence-electron chi connectivity index (χ0n) is 24.5. The summed E-state index contributed by atoms with van der Waals surface area (Å²) >= 11 is 6.21. The number of amides is 3. The van der Waals surface area contributed by atoms with Gasteiger partial charge in [-0.2, -0.15) is 0 Å². The number of carbonyl (C=O) groups excluding carboxylic acids is 3. The van der Waals surface area contributed by atoms with Crippen LogP contribution in [-0.2, 0) is 41.4 Å². The summed E-state index contributed by atoms with van der Waals surface area (Å²) in [6.07, 6.45) is 2.31. The van der Waals surface area contributed by atoms with Crippen molar-refractivity contribution < 1.29 is 27.5 Å². The van der Waals surface area contributed by atoms with E-state index in [1.807, 2.05) is 0 Å². The number of tetrazole rings is 1. The molecule has 0 saturated carbocycles. The third-order valence-corrected chi connectivity index (χ3v) is 9.35. The number of benzene rings is 2. The first-order valence-electron chi connectivity index (χ1n) is 14.7. The number of hydrogen-bond donors (Lipinski definition) is 2. The van der Waals surface area contributed by atoms with Crippen molar-refractivity contribution in [2.75, 3.05) is 32.8 Å². The van der Waals surface area contributed by atoms with Crippen molar-refractivity contribution in [3.63, 3.8) is 0 Å². The molecule has 5 rings (SSSR count). The Labute approximate surface area is 266 Å². The number of likely N-dealkylation sites (tertiary alicyclic amines) is 1. The molecule has 3 aromatic rings. The molecule has 0 aliphatic carbocycles. The van der Waals surface area contributed by atoms with E-state index < -0.39 is 33.9 Å². The Bertz CT molecular complexity index is 1590. The van der Waals surface area contributed by atoms with Gasteiger partial charge in [0, 0.05) is 37.6 Å². The largest absolute Gasteiger partial charge is 0.378 e. The van der Waals surface area contributed by atoms with Crippen molar-refractivity contribution in [3.05, 3.63) is 71.0 Å². The molecule has 2 atom stereocenters. The molecule has 16 heteroatoms. The van der Waals surface area contributed by atoms with Crippen LogP contribution in [0, 0.1) is 0 Å². The fraction of sp³-hybridized carbons (Fsp3) is 0.448. The summed E-state index contributed by atoms with van der Waals surface area (Å²) in [5.41, 5.74) is 1.84. The molecule has 2 aromatic carbocycles. The molecule has 2 fully saturated rings. The number of sulfonamides is 1. The summed E-state index contributed by atoms with van der Waals surface area (Å²) in [5, 5.41) is 14.6. The molecule has 3 amide bonds. The topological polar surface area (TPSA) is 169 Å². The van der Waals surface area contributed by atoms with Crippen LogP contribution in [-0.4, -0.2) is 101 Å².